The smallest absolute Gasteiger partial charge is 0.410 e. The van der Waals surface area contributed by atoms with E-state index in [9.17, 15) is 24.6 Å². The average molecular weight is 371 g/mol. The van der Waals surface area contributed by atoms with E-state index in [-0.39, 0.29) is 13.0 Å². The van der Waals surface area contributed by atoms with Crippen molar-refractivity contribution in [3.8, 4) is 0 Å². The number of hydrogen-bond donors (Lipinski definition) is 2. The lowest BCUT2D eigenvalue weighted by molar-refractivity contribution is -0.157. The summed E-state index contributed by atoms with van der Waals surface area (Å²) >= 11 is 0. The van der Waals surface area contributed by atoms with E-state index in [4.69, 9.17) is 4.74 Å². The molecule has 0 fully saturated rings. The molecule has 2 aromatic carbocycles. The summed E-state index contributed by atoms with van der Waals surface area (Å²) in [6, 6.07) is 17.4. The first-order chi connectivity index (χ1) is 12.9. The Bertz CT molecular complexity index is 793. The molecular weight excluding hydrogens is 350 g/mol. The van der Waals surface area contributed by atoms with Crippen LogP contribution in [0.25, 0.3) is 0 Å². The van der Waals surface area contributed by atoms with Crippen LogP contribution < -0.4 is 0 Å². The Labute approximate surface area is 156 Å². The largest absolute Gasteiger partial charge is 0.481 e. The summed E-state index contributed by atoms with van der Waals surface area (Å²) in [5.74, 6) is -2.73. The summed E-state index contributed by atoms with van der Waals surface area (Å²) in [6.07, 6.45) is -1.84. The first-order valence-corrected chi connectivity index (χ1v) is 8.27. The molecule has 2 rings (SSSR count). The molecule has 0 saturated carbocycles. The minimum Gasteiger partial charge on any atom is -0.481 e. The Kier molecular flexibility index (Phi) is 6.54. The fraction of sp³-hybridized carbons (Fsp3) is 0.250. The average Bonchev–Trinajstić information content (AvgIpc) is 2.66. The first kappa shape index (κ1) is 20.0. The second-order valence-corrected chi connectivity index (χ2v) is 6.11. The number of carbonyl (C=O) groups excluding carboxylic acids is 1. The first-order valence-electron chi connectivity index (χ1n) is 8.27. The molecule has 1 atom stereocenters. The SMILES string of the molecule is COC(=O)N(Cc1ccccc1)[C@](CC(=O)O)(Cc1ccccc1)C(=O)O. The van der Waals surface area contributed by atoms with Gasteiger partial charge in [0.1, 0.15) is 0 Å². The second-order valence-electron chi connectivity index (χ2n) is 6.11. The van der Waals surface area contributed by atoms with Gasteiger partial charge < -0.3 is 14.9 Å². The topological polar surface area (TPSA) is 104 Å². The molecule has 7 heteroatoms. The normalized spacial score (nSPS) is 12.6. The lowest BCUT2D eigenvalue weighted by atomic mass is 9.85. The van der Waals surface area contributed by atoms with E-state index < -0.39 is 30.0 Å². The monoisotopic (exact) mass is 371 g/mol. The van der Waals surface area contributed by atoms with Crippen LogP contribution in [0.15, 0.2) is 60.7 Å². The van der Waals surface area contributed by atoms with Gasteiger partial charge in [0.15, 0.2) is 5.54 Å². The van der Waals surface area contributed by atoms with Gasteiger partial charge in [-0.05, 0) is 11.1 Å². The third kappa shape index (κ3) is 4.84. The Morgan fingerprint density at radius 3 is 1.89 bits per heavy atom. The van der Waals surface area contributed by atoms with Crippen molar-refractivity contribution in [3.05, 3.63) is 71.8 Å². The van der Waals surface area contributed by atoms with Crippen LogP contribution in [0.3, 0.4) is 0 Å². The number of carboxylic acid groups (broad SMARTS) is 2. The molecular formula is C20H21NO6. The quantitative estimate of drug-likeness (QED) is 0.739. The Hall–Kier alpha value is -3.35. The molecule has 27 heavy (non-hydrogen) atoms. The molecule has 0 saturated heterocycles. The molecule has 0 spiro atoms. The maximum absolute atomic E-state index is 12.5. The third-order valence-electron chi connectivity index (χ3n) is 4.28. The highest BCUT2D eigenvalue weighted by Gasteiger charge is 2.49. The van der Waals surface area contributed by atoms with Gasteiger partial charge in [-0.25, -0.2) is 9.59 Å². The maximum Gasteiger partial charge on any atom is 0.410 e. The predicted octanol–water partition coefficient (Wildman–Crippen LogP) is 2.80. The van der Waals surface area contributed by atoms with E-state index in [1.165, 1.54) is 0 Å². The van der Waals surface area contributed by atoms with Crippen molar-refractivity contribution in [3.63, 3.8) is 0 Å². The van der Waals surface area contributed by atoms with E-state index >= 15 is 0 Å². The van der Waals surface area contributed by atoms with Crippen LogP contribution in [0.2, 0.25) is 0 Å². The van der Waals surface area contributed by atoms with E-state index in [0.29, 0.717) is 11.1 Å². The zero-order chi connectivity index (χ0) is 19.9. The van der Waals surface area contributed by atoms with Gasteiger partial charge in [-0.15, -0.1) is 0 Å². The number of aliphatic carboxylic acids is 2. The number of ether oxygens (including phenoxy) is 1. The molecule has 2 aromatic rings. The number of benzene rings is 2. The molecule has 0 aliphatic heterocycles. The number of methoxy groups -OCH3 is 1. The van der Waals surface area contributed by atoms with Crippen molar-refractivity contribution >= 4 is 18.0 Å². The maximum atomic E-state index is 12.5. The van der Waals surface area contributed by atoms with Crippen LogP contribution in [0.1, 0.15) is 17.5 Å². The van der Waals surface area contributed by atoms with Crippen molar-refractivity contribution in [1.29, 1.82) is 0 Å². The molecule has 0 bridgehead atoms. The van der Waals surface area contributed by atoms with Crippen LogP contribution in [-0.4, -0.2) is 45.8 Å². The Morgan fingerprint density at radius 2 is 1.44 bits per heavy atom. The summed E-state index contributed by atoms with van der Waals surface area (Å²) < 4.78 is 4.79. The van der Waals surface area contributed by atoms with Crippen LogP contribution >= 0.6 is 0 Å². The van der Waals surface area contributed by atoms with Crippen molar-refractivity contribution in [2.24, 2.45) is 0 Å². The van der Waals surface area contributed by atoms with Gasteiger partial charge in [-0.3, -0.25) is 9.69 Å². The van der Waals surface area contributed by atoms with E-state index in [1.54, 1.807) is 60.7 Å². The molecule has 0 radical (unpaired) electrons. The summed E-state index contributed by atoms with van der Waals surface area (Å²) in [6.45, 7) is -0.0973. The lowest BCUT2D eigenvalue weighted by Crippen LogP contribution is -2.59. The molecule has 1 amide bonds. The van der Waals surface area contributed by atoms with E-state index in [2.05, 4.69) is 0 Å². The van der Waals surface area contributed by atoms with Crippen LogP contribution in [0, 0.1) is 0 Å². The highest BCUT2D eigenvalue weighted by atomic mass is 16.5. The summed E-state index contributed by atoms with van der Waals surface area (Å²) in [5, 5.41) is 19.4. The number of nitrogens with zero attached hydrogens (tertiary/aromatic N) is 1. The summed E-state index contributed by atoms with van der Waals surface area (Å²) in [4.78, 5) is 37.3. The summed E-state index contributed by atoms with van der Waals surface area (Å²) in [7, 11) is 1.14. The van der Waals surface area contributed by atoms with Gasteiger partial charge in [0.2, 0.25) is 0 Å². The zero-order valence-corrected chi connectivity index (χ0v) is 14.9. The fourth-order valence-corrected chi connectivity index (χ4v) is 2.97. The van der Waals surface area contributed by atoms with Crippen molar-refractivity contribution in [2.45, 2.75) is 24.9 Å². The number of carboxylic acids is 2. The molecule has 142 valence electrons. The van der Waals surface area contributed by atoms with Gasteiger partial charge in [0, 0.05) is 6.42 Å². The molecule has 0 unspecified atom stereocenters. The molecule has 2 N–H and O–H groups in total. The Morgan fingerprint density at radius 1 is 0.926 bits per heavy atom. The highest BCUT2D eigenvalue weighted by molar-refractivity contribution is 5.89. The van der Waals surface area contributed by atoms with Gasteiger partial charge in [0.05, 0.1) is 20.1 Å². The van der Waals surface area contributed by atoms with Crippen molar-refractivity contribution < 1.29 is 29.3 Å². The standard InChI is InChI=1S/C20H21NO6/c1-27-19(26)21(14-16-10-6-3-7-11-16)20(18(24)25,13-17(22)23)12-15-8-4-2-5-9-15/h2-11H,12-14H2,1H3,(H,22,23)(H,24,25)/t20-/m0/s1. The van der Waals surface area contributed by atoms with Gasteiger partial charge in [0.25, 0.3) is 0 Å². The second kappa shape index (κ2) is 8.84. The number of amides is 1. The minimum atomic E-state index is -2.00. The molecule has 0 aliphatic rings. The zero-order valence-electron chi connectivity index (χ0n) is 14.9. The third-order valence-corrected chi connectivity index (χ3v) is 4.28. The van der Waals surface area contributed by atoms with Gasteiger partial charge >= 0.3 is 18.0 Å². The van der Waals surface area contributed by atoms with E-state index in [0.717, 1.165) is 12.0 Å². The molecule has 0 aliphatic carbocycles. The van der Waals surface area contributed by atoms with Gasteiger partial charge in [-0.2, -0.15) is 0 Å². The molecule has 7 nitrogen and oxygen atoms in total. The lowest BCUT2D eigenvalue weighted by Gasteiger charge is -2.39. The number of carbonyl (C=O) groups is 3. The minimum absolute atomic E-state index is 0.0973. The number of rotatable bonds is 8. The van der Waals surface area contributed by atoms with E-state index in [1.807, 2.05) is 0 Å². The van der Waals surface area contributed by atoms with Crippen LogP contribution in [0.4, 0.5) is 4.79 Å². The van der Waals surface area contributed by atoms with Gasteiger partial charge in [-0.1, -0.05) is 60.7 Å². The van der Waals surface area contributed by atoms with Crippen LogP contribution in [0.5, 0.6) is 0 Å². The number of hydrogen-bond acceptors (Lipinski definition) is 4. The van der Waals surface area contributed by atoms with Crippen molar-refractivity contribution in [2.75, 3.05) is 7.11 Å². The Balaban J connectivity index is 2.55. The van der Waals surface area contributed by atoms with Crippen molar-refractivity contribution in [1.82, 2.24) is 4.90 Å². The molecule has 0 heterocycles. The fourth-order valence-electron chi connectivity index (χ4n) is 2.97. The highest BCUT2D eigenvalue weighted by Crippen LogP contribution is 2.29. The predicted molar refractivity (Wildman–Crippen MR) is 97.2 cm³/mol. The van der Waals surface area contributed by atoms with Crippen LogP contribution in [-0.2, 0) is 27.3 Å². The summed E-state index contributed by atoms with van der Waals surface area (Å²) in [5.41, 5.74) is -0.745. The molecule has 0 aromatic heterocycles.